The van der Waals surface area contributed by atoms with E-state index in [2.05, 4.69) is 31.6 Å². The van der Waals surface area contributed by atoms with Crippen molar-refractivity contribution >= 4 is 15.9 Å². The van der Waals surface area contributed by atoms with Gasteiger partial charge in [0.25, 0.3) is 0 Å². The van der Waals surface area contributed by atoms with Crippen molar-refractivity contribution in [2.75, 3.05) is 19.6 Å². The highest BCUT2D eigenvalue weighted by atomic mass is 79.9. The molecule has 1 aromatic heterocycles. The molecule has 0 fully saturated rings. The molecule has 2 rings (SSSR count). The maximum atomic E-state index is 5.28. The maximum Gasteiger partial charge on any atom is 0.174 e. The predicted molar refractivity (Wildman–Crippen MR) is 70.3 cm³/mol. The van der Waals surface area contributed by atoms with Gasteiger partial charge in [-0.1, -0.05) is 0 Å². The summed E-state index contributed by atoms with van der Waals surface area (Å²) in [5.74, 6) is 1.37. The highest BCUT2D eigenvalue weighted by molar-refractivity contribution is 9.10. The molecule has 0 aliphatic carbocycles. The zero-order valence-corrected chi connectivity index (χ0v) is 11.6. The van der Waals surface area contributed by atoms with E-state index in [1.807, 2.05) is 12.1 Å². The van der Waals surface area contributed by atoms with Crippen LogP contribution in [-0.2, 0) is 6.54 Å². The molecule has 1 heterocycles. The van der Waals surface area contributed by atoms with E-state index in [0.717, 1.165) is 10.0 Å². The van der Waals surface area contributed by atoms with Gasteiger partial charge in [-0.25, -0.2) is 4.68 Å². The van der Waals surface area contributed by atoms with Crippen LogP contribution in [0, 0.1) is 0 Å². The van der Waals surface area contributed by atoms with Crippen LogP contribution < -0.4 is 14.9 Å². The smallest absolute Gasteiger partial charge is 0.174 e. The molecular formula is C11H13BrN4O2. The van der Waals surface area contributed by atoms with Gasteiger partial charge in [-0.2, -0.15) is 0 Å². The van der Waals surface area contributed by atoms with E-state index in [0.29, 0.717) is 18.0 Å². The van der Waals surface area contributed by atoms with Gasteiger partial charge in [-0.05, 0) is 33.6 Å². The minimum atomic E-state index is 0.622. The van der Waals surface area contributed by atoms with Gasteiger partial charge in [0.2, 0.25) is 0 Å². The highest BCUT2D eigenvalue weighted by Gasteiger charge is 2.10. The van der Waals surface area contributed by atoms with E-state index in [1.165, 1.54) is 0 Å². The van der Waals surface area contributed by atoms with Crippen molar-refractivity contribution in [2.45, 2.75) is 6.54 Å². The molecule has 18 heavy (non-hydrogen) atoms. The van der Waals surface area contributed by atoms with Crippen molar-refractivity contribution in [2.24, 2.45) is 0 Å². The van der Waals surface area contributed by atoms with Crippen molar-refractivity contribution in [1.29, 1.82) is 0 Å². The monoisotopic (exact) mass is 312 g/mol. The Morgan fingerprint density at radius 2 is 1.94 bits per heavy atom. The molecule has 96 valence electrons. The lowest BCUT2D eigenvalue weighted by Gasteiger charge is -2.12. The van der Waals surface area contributed by atoms with Crippen molar-refractivity contribution in [3.63, 3.8) is 0 Å². The van der Waals surface area contributed by atoms with Gasteiger partial charge >= 0.3 is 0 Å². The lowest BCUT2D eigenvalue weighted by molar-refractivity contribution is 0.352. The second kappa shape index (κ2) is 5.72. The lowest BCUT2D eigenvalue weighted by Crippen LogP contribution is -2.12. The van der Waals surface area contributed by atoms with E-state index >= 15 is 0 Å². The number of hydrogen-bond acceptors (Lipinski definition) is 5. The Labute approximate surface area is 113 Å². The summed E-state index contributed by atoms with van der Waals surface area (Å²) in [6.07, 6.45) is 3.19. The van der Waals surface area contributed by atoms with E-state index in [1.54, 1.807) is 31.6 Å². The number of aromatic nitrogens is 3. The first-order valence-corrected chi connectivity index (χ1v) is 6.02. The van der Waals surface area contributed by atoms with Crippen molar-refractivity contribution in [3.8, 4) is 11.5 Å². The van der Waals surface area contributed by atoms with Gasteiger partial charge in [-0.15, -0.1) is 10.2 Å². The summed E-state index contributed by atoms with van der Waals surface area (Å²) in [6.45, 7) is 0.622. The summed E-state index contributed by atoms with van der Waals surface area (Å²) in [6, 6.07) is 3.89. The zero-order valence-electron chi connectivity index (χ0n) is 10.1. The van der Waals surface area contributed by atoms with Gasteiger partial charge in [0.1, 0.15) is 12.7 Å². The third-order valence-corrected chi connectivity index (χ3v) is 2.97. The quantitative estimate of drug-likeness (QED) is 0.912. The van der Waals surface area contributed by atoms with Crippen molar-refractivity contribution in [1.82, 2.24) is 14.9 Å². The van der Waals surface area contributed by atoms with E-state index in [9.17, 15) is 0 Å². The predicted octanol–water partition coefficient (Wildman–Crippen LogP) is 1.80. The molecule has 1 aromatic carbocycles. The number of rotatable bonds is 5. The van der Waals surface area contributed by atoms with Gasteiger partial charge in [0, 0.05) is 0 Å². The normalized spacial score (nSPS) is 10.2. The average Bonchev–Trinajstić information content (AvgIpc) is 2.88. The number of ether oxygens (including phenoxy) is 2. The summed E-state index contributed by atoms with van der Waals surface area (Å²) in [5, 5.41) is 7.42. The molecule has 0 bridgehead atoms. The number of halogens is 1. The Morgan fingerprint density at radius 1 is 1.22 bits per heavy atom. The molecular weight excluding hydrogens is 300 g/mol. The van der Waals surface area contributed by atoms with Gasteiger partial charge in [0.15, 0.2) is 11.5 Å². The summed E-state index contributed by atoms with van der Waals surface area (Å²) < 4.78 is 13.1. The number of methoxy groups -OCH3 is 2. The second-order valence-corrected chi connectivity index (χ2v) is 4.37. The fraction of sp³-hybridized carbons (Fsp3) is 0.273. The minimum absolute atomic E-state index is 0.622. The van der Waals surface area contributed by atoms with Gasteiger partial charge in [-0.3, -0.25) is 0 Å². The Hall–Kier alpha value is -1.76. The topological polar surface area (TPSA) is 61.2 Å². The standard InChI is InChI=1S/C11H13BrN4O2/c1-17-10-4-8(3-9(12)11(10)18-2)5-15-16-6-13-14-7-16/h3-4,6-7,15H,5H2,1-2H3. The average molecular weight is 313 g/mol. The summed E-state index contributed by atoms with van der Waals surface area (Å²) >= 11 is 3.45. The van der Waals surface area contributed by atoms with E-state index in [4.69, 9.17) is 9.47 Å². The molecule has 1 N–H and O–H groups in total. The molecule has 0 unspecified atom stereocenters. The number of hydrogen-bond donors (Lipinski definition) is 1. The molecule has 0 radical (unpaired) electrons. The van der Waals surface area contributed by atoms with Crippen LogP contribution in [0.5, 0.6) is 11.5 Å². The summed E-state index contributed by atoms with van der Waals surface area (Å²) in [4.78, 5) is 0. The molecule has 0 saturated carbocycles. The van der Waals surface area contributed by atoms with Crippen LogP contribution in [0.3, 0.4) is 0 Å². The van der Waals surface area contributed by atoms with Crippen molar-refractivity contribution in [3.05, 3.63) is 34.8 Å². The van der Waals surface area contributed by atoms with Crippen LogP contribution in [-0.4, -0.2) is 29.1 Å². The molecule has 0 aliphatic heterocycles. The highest BCUT2D eigenvalue weighted by Crippen LogP contribution is 2.36. The zero-order chi connectivity index (χ0) is 13.0. The SMILES string of the molecule is COc1cc(CNn2cnnc2)cc(Br)c1OC. The fourth-order valence-electron chi connectivity index (χ4n) is 1.54. The number of nitrogens with one attached hydrogen (secondary N) is 1. The molecule has 0 atom stereocenters. The molecule has 0 saturated heterocycles. The molecule has 0 spiro atoms. The van der Waals surface area contributed by atoms with Crippen molar-refractivity contribution < 1.29 is 9.47 Å². The molecule has 7 heteroatoms. The molecule has 0 aliphatic rings. The molecule has 6 nitrogen and oxygen atoms in total. The van der Waals surface area contributed by atoms with Crippen LogP contribution in [0.15, 0.2) is 29.3 Å². The van der Waals surface area contributed by atoms with Crippen LogP contribution in [0.25, 0.3) is 0 Å². The first-order chi connectivity index (χ1) is 8.74. The van der Waals surface area contributed by atoms with E-state index in [-0.39, 0.29) is 0 Å². The van der Waals surface area contributed by atoms with Crippen LogP contribution in [0.4, 0.5) is 0 Å². The molecule has 2 aromatic rings. The van der Waals surface area contributed by atoms with Gasteiger partial charge in [0.05, 0.1) is 25.2 Å². The first kappa shape index (κ1) is 12.7. The van der Waals surface area contributed by atoms with Gasteiger partial charge < -0.3 is 14.9 Å². The van der Waals surface area contributed by atoms with E-state index < -0.39 is 0 Å². The number of benzene rings is 1. The fourth-order valence-corrected chi connectivity index (χ4v) is 2.19. The van der Waals surface area contributed by atoms with Crippen LogP contribution >= 0.6 is 15.9 Å². The second-order valence-electron chi connectivity index (χ2n) is 3.52. The van der Waals surface area contributed by atoms with Crippen LogP contribution in [0.1, 0.15) is 5.56 Å². The third-order valence-electron chi connectivity index (χ3n) is 2.38. The Kier molecular flexibility index (Phi) is 4.03. The van der Waals surface area contributed by atoms with Crippen LogP contribution in [0.2, 0.25) is 0 Å². The summed E-state index contributed by atoms with van der Waals surface area (Å²) in [7, 11) is 3.22. The maximum absolute atomic E-state index is 5.28. The largest absolute Gasteiger partial charge is 0.493 e. The Bertz CT molecular complexity index is 516. The lowest BCUT2D eigenvalue weighted by atomic mass is 10.2. The number of nitrogens with zero attached hydrogens (tertiary/aromatic N) is 3. The first-order valence-electron chi connectivity index (χ1n) is 5.23. The summed E-state index contributed by atoms with van der Waals surface area (Å²) in [5.41, 5.74) is 4.18. The minimum Gasteiger partial charge on any atom is -0.493 e. The Balaban J connectivity index is 2.16. The molecule has 0 amide bonds. The third kappa shape index (κ3) is 2.73. The Morgan fingerprint density at radius 3 is 2.56 bits per heavy atom.